The first-order valence-electron chi connectivity index (χ1n) is 8.06. The summed E-state index contributed by atoms with van der Waals surface area (Å²) in [5.74, 6) is -0.287. The zero-order valence-electron chi connectivity index (χ0n) is 15.8. The summed E-state index contributed by atoms with van der Waals surface area (Å²) in [5, 5.41) is 18.8. The molecule has 0 radical (unpaired) electrons. The Morgan fingerprint density at radius 1 is 1.60 bits per heavy atom. The minimum Gasteiger partial charge on any atom is -0.543 e. The zero-order valence-corrected chi connectivity index (χ0v) is 19.4. The number of aliphatic carboxylic acids is 1. The molecule has 2 aliphatic heterocycles. The molecule has 0 saturated carbocycles. The van der Waals surface area contributed by atoms with Gasteiger partial charge in [-0.25, -0.2) is 4.98 Å². The first kappa shape index (κ1) is 24.0. The van der Waals surface area contributed by atoms with Crippen LogP contribution >= 0.6 is 23.1 Å². The van der Waals surface area contributed by atoms with E-state index in [4.69, 9.17) is 17.0 Å². The standard InChI is InChI=1S/C17H15N5O5S2.Na/c1-3-5-27-21-10(9-7-29-17(18)19-9)13(23)20-11-14(24)22-12(16(25)26)8(4-2)6-28-15(11)22;/h1,4,7,11,15H,2,5-6H2,(H2,18,19)(H,20,23)(H,25,26);/q;+1/p-1/t11?,15-;/m0./s1. The average Bonchev–Trinajstić information content (AvgIpc) is 3.13. The Kier molecular flexibility index (Phi) is 8.10. The number of allylic oxidation sites excluding steroid dienone is 1. The van der Waals surface area contributed by atoms with E-state index in [1.165, 1.54) is 23.2 Å². The molecule has 0 aromatic carbocycles. The number of carboxylic acids is 1. The van der Waals surface area contributed by atoms with E-state index >= 15 is 0 Å². The number of carbonyl (C=O) groups is 3. The second-order valence-corrected chi connectivity index (χ2v) is 7.71. The molecule has 3 rings (SSSR count). The van der Waals surface area contributed by atoms with Crippen molar-refractivity contribution in [2.75, 3.05) is 18.1 Å². The van der Waals surface area contributed by atoms with Gasteiger partial charge in [-0.2, -0.15) is 0 Å². The van der Waals surface area contributed by atoms with Gasteiger partial charge < -0.3 is 25.8 Å². The molecule has 2 aliphatic rings. The number of rotatable bonds is 7. The van der Waals surface area contributed by atoms with Gasteiger partial charge in [0.25, 0.3) is 11.8 Å². The number of anilines is 1. The Morgan fingerprint density at radius 2 is 2.33 bits per heavy atom. The van der Waals surface area contributed by atoms with Gasteiger partial charge in [-0.15, -0.1) is 29.5 Å². The molecular weight excluding hydrogens is 441 g/mol. The smallest absolute Gasteiger partial charge is 0.543 e. The van der Waals surface area contributed by atoms with E-state index in [1.54, 1.807) is 0 Å². The van der Waals surface area contributed by atoms with Gasteiger partial charge in [0, 0.05) is 11.1 Å². The van der Waals surface area contributed by atoms with Crippen molar-refractivity contribution in [3.05, 3.63) is 35.0 Å². The molecule has 30 heavy (non-hydrogen) atoms. The summed E-state index contributed by atoms with van der Waals surface area (Å²) in [6.45, 7) is 3.39. The topological polar surface area (TPSA) is 150 Å². The van der Waals surface area contributed by atoms with Crippen molar-refractivity contribution >= 4 is 51.7 Å². The van der Waals surface area contributed by atoms with Crippen molar-refractivity contribution in [1.82, 2.24) is 15.2 Å². The second kappa shape index (κ2) is 10.1. The molecule has 1 saturated heterocycles. The fraction of sp³-hybridized carbons (Fsp3) is 0.235. The Labute approximate surface area is 201 Å². The molecule has 13 heteroatoms. The first-order chi connectivity index (χ1) is 13.9. The molecule has 1 unspecified atom stereocenters. The Morgan fingerprint density at radius 3 is 2.90 bits per heavy atom. The molecule has 2 atom stereocenters. The summed E-state index contributed by atoms with van der Waals surface area (Å²) < 4.78 is 0. The van der Waals surface area contributed by atoms with Crippen molar-refractivity contribution in [1.29, 1.82) is 0 Å². The number of nitrogen functional groups attached to an aromatic ring is 1. The second-order valence-electron chi connectivity index (χ2n) is 5.71. The van der Waals surface area contributed by atoms with E-state index in [0.717, 1.165) is 16.2 Å². The number of terminal acetylenes is 1. The van der Waals surface area contributed by atoms with E-state index in [-0.39, 0.29) is 58.4 Å². The van der Waals surface area contributed by atoms with Crippen LogP contribution < -0.4 is 45.7 Å². The van der Waals surface area contributed by atoms with Crippen LogP contribution in [0.15, 0.2) is 34.5 Å². The number of carbonyl (C=O) groups excluding carboxylic acids is 3. The van der Waals surface area contributed by atoms with Gasteiger partial charge in [-0.05, 0) is 5.57 Å². The number of β-lactam (4-membered cyclic amide) rings is 1. The van der Waals surface area contributed by atoms with Crippen LogP contribution in [0.3, 0.4) is 0 Å². The van der Waals surface area contributed by atoms with Crippen molar-refractivity contribution in [3.63, 3.8) is 0 Å². The van der Waals surface area contributed by atoms with Crippen LogP contribution in [0, 0.1) is 12.3 Å². The molecular formula is C17H14N5NaO5S2. The maximum Gasteiger partial charge on any atom is 1.00 e. The number of oxime groups is 1. The number of thiazole rings is 1. The van der Waals surface area contributed by atoms with Crippen LogP contribution in [0.2, 0.25) is 0 Å². The van der Waals surface area contributed by atoms with Crippen LogP contribution in [0.25, 0.3) is 0 Å². The fourth-order valence-electron chi connectivity index (χ4n) is 2.73. The van der Waals surface area contributed by atoms with Gasteiger partial charge in [0.2, 0.25) is 0 Å². The van der Waals surface area contributed by atoms with Crippen LogP contribution in [0.4, 0.5) is 5.13 Å². The van der Waals surface area contributed by atoms with Crippen LogP contribution in [0.5, 0.6) is 0 Å². The van der Waals surface area contributed by atoms with Crippen LogP contribution in [0.1, 0.15) is 5.69 Å². The summed E-state index contributed by atoms with van der Waals surface area (Å²) >= 11 is 2.39. The number of nitrogens with two attached hydrogens (primary N) is 1. The van der Waals surface area contributed by atoms with Gasteiger partial charge in [-0.1, -0.05) is 23.7 Å². The number of amides is 2. The van der Waals surface area contributed by atoms with Gasteiger partial charge in [0.15, 0.2) is 17.5 Å². The van der Waals surface area contributed by atoms with E-state index in [1.807, 2.05) is 0 Å². The third kappa shape index (κ3) is 4.55. The summed E-state index contributed by atoms with van der Waals surface area (Å²) in [6.07, 6.45) is 6.47. The molecule has 1 fully saturated rings. The van der Waals surface area contributed by atoms with Crippen molar-refractivity contribution in [3.8, 4) is 12.3 Å². The summed E-state index contributed by atoms with van der Waals surface area (Å²) in [7, 11) is 0. The van der Waals surface area contributed by atoms with Crippen LogP contribution in [-0.2, 0) is 19.2 Å². The predicted molar refractivity (Wildman–Crippen MR) is 105 cm³/mol. The maximum absolute atomic E-state index is 12.7. The quantitative estimate of drug-likeness (QED) is 0.105. The summed E-state index contributed by atoms with van der Waals surface area (Å²) in [6, 6.07) is -0.956. The third-order valence-electron chi connectivity index (χ3n) is 4.01. The molecule has 0 aliphatic carbocycles. The zero-order chi connectivity index (χ0) is 21.1. The Bertz CT molecular complexity index is 999. The average molecular weight is 455 g/mol. The Hall–Kier alpha value is -2.30. The van der Waals surface area contributed by atoms with Crippen molar-refractivity contribution in [2.24, 2.45) is 5.16 Å². The normalized spacial score (nSPS) is 20.3. The number of hydrogen-bond acceptors (Lipinski definition) is 10. The van der Waals surface area contributed by atoms with E-state index in [0.29, 0.717) is 11.3 Å². The molecule has 1 aromatic heterocycles. The fourth-order valence-corrected chi connectivity index (χ4v) is 4.62. The minimum atomic E-state index is -1.48. The summed E-state index contributed by atoms with van der Waals surface area (Å²) in [4.78, 5) is 46.7. The monoisotopic (exact) mass is 455 g/mol. The van der Waals surface area contributed by atoms with Gasteiger partial charge >= 0.3 is 29.6 Å². The largest absolute Gasteiger partial charge is 1.00 e. The molecule has 1 aromatic rings. The van der Waals surface area contributed by atoms with E-state index < -0.39 is 29.2 Å². The van der Waals surface area contributed by atoms with Crippen LogP contribution in [-0.4, -0.2) is 57.2 Å². The molecule has 3 N–H and O–H groups in total. The number of aromatic nitrogens is 1. The number of hydrogen-bond donors (Lipinski definition) is 2. The molecule has 2 amide bonds. The summed E-state index contributed by atoms with van der Waals surface area (Å²) in [5.41, 5.74) is 5.69. The maximum atomic E-state index is 12.7. The number of carboxylic acid groups (broad SMARTS) is 1. The van der Waals surface area contributed by atoms with E-state index in [9.17, 15) is 19.5 Å². The number of nitrogens with zero attached hydrogens (tertiary/aromatic N) is 3. The SMILES string of the molecule is C#CCON=C(C(=O)NC1C(=O)N2C(C(=O)[O-])=C(C=C)CS[C@@H]12)c1csc(N)n1.[Na+]. The molecule has 3 heterocycles. The van der Waals surface area contributed by atoms with Gasteiger partial charge in [0.1, 0.15) is 17.1 Å². The van der Waals surface area contributed by atoms with Gasteiger partial charge in [0.05, 0.1) is 11.7 Å². The number of fused-ring (bicyclic) bond motifs is 1. The molecule has 10 nitrogen and oxygen atoms in total. The Balaban J connectivity index is 0.00000320. The van der Waals surface area contributed by atoms with Crippen molar-refractivity contribution in [2.45, 2.75) is 11.4 Å². The van der Waals surface area contributed by atoms with Crippen molar-refractivity contribution < 1.29 is 53.9 Å². The van der Waals surface area contributed by atoms with Gasteiger partial charge in [-0.3, -0.25) is 14.5 Å². The molecule has 0 bridgehead atoms. The first-order valence-corrected chi connectivity index (χ1v) is 9.99. The minimum absolute atomic E-state index is 0. The number of nitrogens with one attached hydrogen (secondary N) is 1. The predicted octanol–water partition coefficient (Wildman–Crippen LogP) is -4.33. The molecule has 150 valence electrons. The van der Waals surface area contributed by atoms with E-state index in [2.05, 4.69) is 28.0 Å². The number of thioether (sulfide) groups is 1. The third-order valence-corrected chi connectivity index (χ3v) is 5.98. The molecule has 0 spiro atoms.